The first-order valence-electron chi connectivity index (χ1n) is 6.90. The van der Waals surface area contributed by atoms with Crippen molar-refractivity contribution in [3.05, 3.63) is 23.8 Å². The van der Waals surface area contributed by atoms with Crippen LogP contribution in [-0.2, 0) is 20.9 Å². The van der Waals surface area contributed by atoms with Gasteiger partial charge in [-0.3, -0.25) is 0 Å². The van der Waals surface area contributed by atoms with Gasteiger partial charge >= 0.3 is 36.1 Å². The average Bonchev–Trinajstić information content (AvgIpc) is 2.58. The van der Waals surface area contributed by atoms with Crippen molar-refractivity contribution in [2.24, 2.45) is 0 Å². The second-order valence-corrected chi connectivity index (χ2v) is 5.10. The summed E-state index contributed by atoms with van der Waals surface area (Å²) < 4.78 is 136. The van der Waals surface area contributed by atoms with Gasteiger partial charge in [0.2, 0.25) is 0 Å². The van der Waals surface area contributed by atoms with Gasteiger partial charge in [-0.25, -0.2) is 9.59 Å². The number of hydrogen-bond donors (Lipinski definition) is 0. The van der Waals surface area contributed by atoms with Crippen molar-refractivity contribution in [2.45, 2.75) is 30.8 Å². The molecular formula is C14H8F10O5. The smallest absolute Gasteiger partial charge is 0.465 e. The first-order valence-corrected chi connectivity index (χ1v) is 6.90. The molecule has 164 valence electrons. The lowest BCUT2D eigenvalue weighted by Gasteiger charge is -2.19. The molecule has 0 bridgehead atoms. The van der Waals surface area contributed by atoms with E-state index in [1.807, 2.05) is 0 Å². The molecule has 0 heterocycles. The second kappa shape index (κ2) is 7.94. The Morgan fingerprint density at radius 1 is 0.793 bits per heavy atom. The molecule has 0 aromatic heterocycles. The van der Waals surface area contributed by atoms with Crippen LogP contribution in [0.3, 0.4) is 0 Å². The molecule has 0 spiro atoms. The number of methoxy groups -OCH3 is 1. The van der Waals surface area contributed by atoms with E-state index in [4.69, 9.17) is 0 Å². The van der Waals surface area contributed by atoms with E-state index in [-0.39, 0.29) is 5.56 Å². The monoisotopic (exact) mass is 446 g/mol. The minimum absolute atomic E-state index is 0.351. The number of alkyl halides is 10. The third kappa shape index (κ3) is 5.20. The van der Waals surface area contributed by atoms with Crippen LogP contribution in [0.4, 0.5) is 43.9 Å². The molecule has 0 aliphatic carbocycles. The molecule has 0 amide bonds. The number of benzene rings is 1. The number of carbonyl (C=O) groups is 2. The molecule has 29 heavy (non-hydrogen) atoms. The van der Waals surface area contributed by atoms with Crippen molar-refractivity contribution >= 4 is 11.9 Å². The summed E-state index contributed by atoms with van der Waals surface area (Å²) in [5, 5.41) is 0. The fourth-order valence-corrected chi connectivity index (χ4v) is 1.52. The van der Waals surface area contributed by atoms with Crippen molar-refractivity contribution in [1.29, 1.82) is 0 Å². The summed E-state index contributed by atoms with van der Waals surface area (Å²) in [6, 6.07) is 1.96. The number of rotatable bonds is 6. The molecule has 0 fully saturated rings. The highest BCUT2D eigenvalue weighted by Crippen LogP contribution is 2.39. The summed E-state index contributed by atoms with van der Waals surface area (Å²) in [5.41, 5.74) is -0.351. The van der Waals surface area contributed by atoms with E-state index in [9.17, 15) is 53.5 Å². The lowest BCUT2D eigenvalue weighted by Crippen LogP contribution is -2.46. The third-order valence-electron chi connectivity index (χ3n) is 3.03. The number of carbonyl (C=O) groups excluding carboxylic acids is 2. The van der Waals surface area contributed by atoms with Crippen LogP contribution in [0.25, 0.3) is 0 Å². The Kier molecular flexibility index (Phi) is 6.66. The Labute approximate surface area is 154 Å². The van der Waals surface area contributed by atoms with Gasteiger partial charge in [-0.05, 0) is 17.7 Å². The quantitative estimate of drug-likeness (QED) is 0.375. The normalized spacial score (nSPS) is 13.1. The molecule has 0 atom stereocenters. The molecule has 1 rings (SSSR count). The molecule has 0 N–H and O–H groups in total. The zero-order valence-electron chi connectivity index (χ0n) is 13.8. The van der Waals surface area contributed by atoms with Crippen molar-refractivity contribution in [1.82, 2.24) is 0 Å². The van der Waals surface area contributed by atoms with E-state index < -0.39 is 54.2 Å². The predicted octanol–water partition coefficient (Wildman–Crippen LogP) is 4.04. The van der Waals surface area contributed by atoms with Crippen molar-refractivity contribution in [2.75, 3.05) is 7.11 Å². The van der Waals surface area contributed by atoms with Gasteiger partial charge < -0.3 is 14.2 Å². The summed E-state index contributed by atoms with van der Waals surface area (Å²) in [6.45, 7) is -1.19. The fraction of sp³-hybridized carbons (Fsp3) is 0.429. The van der Waals surface area contributed by atoms with Gasteiger partial charge in [0.25, 0.3) is 0 Å². The number of ether oxygens (including phenoxy) is 3. The van der Waals surface area contributed by atoms with Gasteiger partial charge in [0.15, 0.2) is 11.5 Å². The Bertz CT molecular complexity index is 769. The Morgan fingerprint density at radius 3 is 1.72 bits per heavy atom. The first-order chi connectivity index (χ1) is 12.9. The van der Waals surface area contributed by atoms with E-state index in [0.717, 1.165) is 13.2 Å². The Hall–Kier alpha value is -2.74. The first kappa shape index (κ1) is 24.3. The highest BCUT2D eigenvalue weighted by molar-refractivity contribution is 5.81. The maximum Gasteiger partial charge on any atom is 0.465 e. The third-order valence-corrected chi connectivity index (χ3v) is 3.03. The Morgan fingerprint density at radius 2 is 1.28 bits per heavy atom. The summed E-state index contributed by atoms with van der Waals surface area (Å²) in [7, 11) is 0.835. The lowest BCUT2D eigenvalue weighted by atomic mass is 10.2. The molecule has 0 saturated carbocycles. The van der Waals surface area contributed by atoms with Gasteiger partial charge in [0.1, 0.15) is 6.61 Å². The zero-order chi connectivity index (χ0) is 22.8. The Balaban J connectivity index is 2.96. The van der Waals surface area contributed by atoms with Crippen LogP contribution in [-0.4, -0.2) is 43.2 Å². The van der Waals surface area contributed by atoms with Crippen LogP contribution in [0.15, 0.2) is 18.2 Å². The van der Waals surface area contributed by atoms with Crippen LogP contribution >= 0.6 is 0 Å². The van der Waals surface area contributed by atoms with Crippen LogP contribution in [0.1, 0.15) is 5.56 Å². The van der Waals surface area contributed by atoms with Crippen LogP contribution in [0.5, 0.6) is 11.5 Å². The maximum absolute atomic E-state index is 12.9. The standard InChI is InChI=1S/C14H8F10O5/c1-27-8-4-6(5-28-9(25)11(15,16)13(19,20)21)2-3-7(8)29-10(26)12(17,18)14(22,23)24/h2-4H,5H2,1H3. The highest BCUT2D eigenvalue weighted by Gasteiger charge is 2.65. The van der Waals surface area contributed by atoms with E-state index in [0.29, 0.717) is 12.1 Å². The van der Waals surface area contributed by atoms with Crippen LogP contribution < -0.4 is 9.47 Å². The summed E-state index contributed by atoms with van der Waals surface area (Å²) in [5.74, 6) is -19.3. The van der Waals surface area contributed by atoms with Gasteiger partial charge in [-0.15, -0.1) is 0 Å². The minimum Gasteiger partial charge on any atom is -0.493 e. The van der Waals surface area contributed by atoms with Crippen LogP contribution in [0.2, 0.25) is 0 Å². The van der Waals surface area contributed by atoms with E-state index >= 15 is 0 Å². The van der Waals surface area contributed by atoms with E-state index in [2.05, 4.69) is 14.2 Å². The predicted molar refractivity (Wildman–Crippen MR) is 70.4 cm³/mol. The number of hydrogen-bond acceptors (Lipinski definition) is 5. The molecule has 5 nitrogen and oxygen atoms in total. The molecule has 1 aromatic carbocycles. The average molecular weight is 446 g/mol. The van der Waals surface area contributed by atoms with Crippen molar-refractivity contribution < 1.29 is 67.7 Å². The van der Waals surface area contributed by atoms with Gasteiger partial charge in [0, 0.05) is 0 Å². The second-order valence-electron chi connectivity index (χ2n) is 5.10. The SMILES string of the molecule is COc1cc(COC(=O)C(F)(F)C(F)(F)F)ccc1OC(=O)C(F)(F)C(F)(F)F. The summed E-state index contributed by atoms with van der Waals surface area (Å²) in [6.07, 6.45) is -12.5. The van der Waals surface area contributed by atoms with Gasteiger partial charge in [0.05, 0.1) is 7.11 Å². The molecule has 1 aromatic rings. The molecular weight excluding hydrogens is 438 g/mol. The topological polar surface area (TPSA) is 61.8 Å². The van der Waals surface area contributed by atoms with Crippen LogP contribution in [0, 0.1) is 0 Å². The maximum atomic E-state index is 12.9. The number of esters is 2. The minimum atomic E-state index is -6.25. The van der Waals surface area contributed by atoms with E-state index in [1.54, 1.807) is 0 Å². The molecule has 0 aliphatic rings. The molecule has 0 unspecified atom stereocenters. The highest BCUT2D eigenvalue weighted by atomic mass is 19.4. The zero-order valence-corrected chi connectivity index (χ0v) is 13.8. The van der Waals surface area contributed by atoms with Crippen molar-refractivity contribution in [3.8, 4) is 11.5 Å². The number of halogens is 10. The molecule has 0 radical (unpaired) electrons. The molecule has 0 saturated heterocycles. The lowest BCUT2D eigenvalue weighted by molar-refractivity contribution is -0.281. The summed E-state index contributed by atoms with van der Waals surface area (Å²) >= 11 is 0. The molecule has 15 heteroatoms. The van der Waals surface area contributed by atoms with Crippen molar-refractivity contribution in [3.63, 3.8) is 0 Å². The largest absolute Gasteiger partial charge is 0.493 e. The van der Waals surface area contributed by atoms with Gasteiger partial charge in [-0.1, -0.05) is 6.07 Å². The molecule has 0 aliphatic heterocycles. The fourth-order valence-electron chi connectivity index (χ4n) is 1.52. The summed E-state index contributed by atoms with van der Waals surface area (Å²) in [4.78, 5) is 21.9. The van der Waals surface area contributed by atoms with E-state index in [1.165, 1.54) is 0 Å². The van der Waals surface area contributed by atoms with Gasteiger partial charge in [-0.2, -0.15) is 43.9 Å².